The van der Waals surface area contributed by atoms with Gasteiger partial charge in [-0.05, 0) is 36.4 Å². The van der Waals surface area contributed by atoms with Crippen LogP contribution in [0.15, 0.2) is 53.8 Å². The van der Waals surface area contributed by atoms with Crippen molar-refractivity contribution in [2.75, 3.05) is 21.3 Å². The van der Waals surface area contributed by atoms with Gasteiger partial charge in [-0.15, -0.1) is 0 Å². The molecule has 0 atom stereocenters. The first kappa shape index (κ1) is 19.0. The van der Waals surface area contributed by atoms with E-state index in [0.717, 1.165) is 11.3 Å². The zero-order valence-corrected chi connectivity index (χ0v) is 15.7. The Hall–Kier alpha value is -3.81. The Bertz CT molecular complexity index is 997. The first-order chi connectivity index (χ1) is 13.7. The molecule has 1 amide bonds. The van der Waals surface area contributed by atoms with Crippen LogP contribution < -0.4 is 19.6 Å². The molecule has 0 saturated carbocycles. The van der Waals surface area contributed by atoms with E-state index >= 15 is 0 Å². The molecule has 0 saturated heterocycles. The van der Waals surface area contributed by atoms with E-state index in [-0.39, 0.29) is 5.91 Å². The molecule has 2 N–H and O–H groups in total. The second kappa shape index (κ2) is 8.72. The summed E-state index contributed by atoms with van der Waals surface area (Å²) in [5, 5.41) is 11.0. The van der Waals surface area contributed by atoms with Crippen LogP contribution in [-0.2, 0) is 0 Å². The fraction of sp³-hybridized carbons (Fsp3) is 0.150. The largest absolute Gasteiger partial charge is 0.497 e. The first-order valence-corrected chi connectivity index (χ1v) is 8.39. The van der Waals surface area contributed by atoms with Gasteiger partial charge in [0.2, 0.25) is 0 Å². The van der Waals surface area contributed by atoms with Gasteiger partial charge in [0.25, 0.3) is 5.91 Å². The summed E-state index contributed by atoms with van der Waals surface area (Å²) in [5.41, 5.74) is 5.23. The van der Waals surface area contributed by atoms with E-state index in [2.05, 4.69) is 20.7 Å². The third kappa shape index (κ3) is 4.12. The smallest absolute Gasteiger partial charge is 0.271 e. The number of aromatic amines is 1. The average molecular weight is 380 g/mol. The van der Waals surface area contributed by atoms with Gasteiger partial charge in [0.05, 0.1) is 39.4 Å². The van der Waals surface area contributed by atoms with Crippen molar-refractivity contribution in [1.29, 1.82) is 0 Å². The number of carbonyl (C=O) groups is 1. The molecule has 144 valence electrons. The third-order valence-corrected chi connectivity index (χ3v) is 4.04. The minimum absolute atomic E-state index is 0.341. The highest BCUT2D eigenvalue weighted by molar-refractivity contribution is 5.96. The summed E-state index contributed by atoms with van der Waals surface area (Å²) in [4.78, 5) is 12.2. The Morgan fingerprint density at radius 1 is 1.07 bits per heavy atom. The third-order valence-electron chi connectivity index (χ3n) is 4.04. The fourth-order valence-corrected chi connectivity index (χ4v) is 2.61. The zero-order chi connectivity index (χ0) is 19.9. The highest BCUT2D eigenvalue weighted by Crippen LogP contribution is 2.32. The van der Waals surface area contributed by atoms with Crippen LogP contribution in [0.1, 0.15) is 15.9 Å². The summed E-state index contributed by atoms with van der Waals surface area (Å²) < 4.78 is 15.7. The fourth-order valence-electron chi connectivity index (χ4n) is 2.61. The van der Waals surface area contributed by atoms with Crippen molar-refractivity contribution in [2.24, 2.45) is 5.10 Å². The second-order valence-electron chi connectivity index (χ2n) is 5.70. The average Bonchev–Trinajstić information content (AvgIpc) is 3.21. The minimum Gasteiger partial charge on any atom is -0.497 e. The second-order valence-corrected chi connectivity index (χ2v) is 5.70. The summed E-state index contributed by atoms with van der Waals surface area (Å²) >= 11 is 0. The van der Waals surface area contributed by atoms with E-state index in [1.54, 1.807) is 57.9 Å². The van der Waals surface area contributed by atoms with Crippen molar-refractivity contribution in [1.82, 2.24) is 15.6 Å². The number of benzene rings is 2. The van der Waals surface area contributed by atoms with E-state index in [1.165, 1.54) is 6.21 Å². The van der Waals surface area contributed by atoms with Gasteiger partial charge >= 0.3 is 0 Å². The van der Waals surface area contributed by atoms with Gasteiger partial charge in [0.15, 0.2) is 11.5 Å². The zero-order valence-electron chi connectivity index (χ0n) is 15.7. The number of hydrazone groups is 1. The molecule has 0 aliphatic carbocycles. The number of hydrogen-bond donors (Lipinski definition) is 2. The molecule has 0 aliphatic rings. The number of aromatic nitrogens is 2. The van der Waals surface area contributed by atoms with Crippen LogP contribution in [0.2, 0.25) is 0 Å². The maximum atomic E-state index is 12.2. The Labute approximate surface area is 162 Å². The lowest BCUT2D eigenvalue weighted by atomic mass is 10.1. The molecule has 3 rings (SSSR count). The van der Waals surface area contributed by atoms with Crippen LogP contribution in [-0.4, -0.2) is 43.6 Å². The number of rotatable bonds is 7. The number of ether oxygens (including phenoxy) is 3. The van der Waals surface area contributed by atoms with E-state index in [1.807, 2.05) is 12.1 Å². The molecule has 3 aromatic rings. The molecule has 0 fully saturated rings. The Morgan fingerprint density at radius 2 is 1.89 bits per heavy atom. The van der Waals surface area contributed by atoms with Gasteiger partial charge < -0.3 is 14.2 Å². The molecule has 1 heterocycles. The van der Waals surface area contributed by atoms with E-state index < -0.39 is 0 Å². The number of H-pyrrole nitrogens is 1. The van der Waals surface area contributed by atoms with Crippen LogP contribution in [0.3, 0.4) is 0 Å². The molecule has 28 heavy (non-hydrogen) atoms. The van der Waals surface area contributed by atoms with Gasteiger partial charge in [-0.1, -0.05) is 6.07 Å². The molecule has 2 aromatic carbocycles. The maximum absolute atomic E-state index is 12.2. The lowest BCUT2D eigenvalue weighted by molar-refractivity contribution is 0.0955. The van der Waals surface area contributed by atoms with Crippen LogP contribution in [0, 0.1) is 0 Å². The topological polar surface area (TPSA) is 97.8 Å². The van der Waals surface area contributed by atoms with Crippen LogP contribution in [0.5, 0.6) is 17.2 Å². The Kier molecular flexibility index (Phi) is 5.91. The van der Waals surface area contributed by atoms with Gasteiger partial charge in [-0.25, -0.2) is 5.43 Å². The Morgan fingerprint density at radius 3 is 2.64 bits per heavy atom. The van der Waals surface area contributed by atoms with Gasteiger partial charge in [0.1, 0.15) is 5.75 Å². The van der Waals surface area contributed by atoms with Gasteiger partial charge in [-0.2, -0.15) is 10.2 Å². The summed E-state index contributed by atoms with van der Waals surface area (Å²) in [6.07, 6.45) is 3.14. The first-order valence-electron chi connectivity index (χ1n) is 8.39. The van der Waals surface area contributed by atoms with E-state index in [0.29, 0.717) is 28.4 Å². The lowest BCUT2D eigenvalue weighted by Crippen LogP contribution is -2.17. The van der Waals surface area contributed by atoms with Crippen molar-refractivity contribution < 1.29 is 19.0 Å². The molecule has 0 radical (unpaired) electrons. The molecular weight excluding hydrogens is 360 g/mol. The highest BCUT2D eigenvalue weighted by atomic mass is 16.5. The normalized spacial score (nSPS) is 10.7. The molecule has 8 heteroatoms. The number of nitrogens with zero attached hydrogens (tertiary/aromatic N) is 2. The monoisotopic (exact) mass is 380 g/mol. The number of nitrogens with one attached hydrogen (secondary N) is 2. The standard InChI is InChI=1S/C20H20N4O4/c1-26-16-6-4-5-14(9-16)20(25)24-22-12-15-11-21-23-19(15)13-7-8-17(27-2)18(10-13)28-3/h4-12H,1-3H3,(H,21,23)(H,24,25)/b22-12+. The Balaban J connectivity index is 1.76. The predicted octanol–water partition coefficient (Wildman–Crippen LogP) is 2.87. The number of hydrogen-bond acceptors (Lipinski definition) is 6. The lowest BCUT2D eigenvalue weighted by Gasteiger charge is -2.09. The molecule has 0 bridgehead atoms. The molecular formula is C20H20N4O4. The molecule has 0 spiro atoms. The number of amides is 1. The summed E-state index contributed by atoms with van der Waals surface area (Å²) in [7, 11) is 4.70. The summed E-state index contributed by atoms with van der Waals surface area (Å²) in [6, 6.07) is 12.3. The van der Waals surface area contributed by atoms with Gasteiger partial charge in [0, 0.05) is 16.7 Å². The van der Waals surface area contributed by atoms with Crippen molar-refractivity contribution in [3.8, 4) is 28.5 Å². The van der Waals surface area contributed by atoms with Crippen LogP contribution in [0.4, 0.5) is 0 Å². The van der Waals surface area contributed by atoms with Crippen molar-refractivity contribution in [2.45, 2.75) is 0 Å². The van der Waals surface area contributed by atoms with E-state index in [4.69, 9.17) is 14.2 Å². The highest BCUT2D eigenvalue weighted by Gasteiger charge is 2.11. The summed E-state index contributed by atoms with van der Waals surface area (Å²) in [5.74, 6) is 1.49. The molecule has 0 unspecified atom stereocenters. The number of methoxy groups -OCH3 is 3. The predicted molar refractivity (Wildman–Crippen MR) is 105 cm³/mol. The molecule has 0 aliphatic heterocycles. The van der Waals surface area contributed by atoms with Crippen molar-refractivity contribution >= 4 is 12.1 Å². The summed E-state index contributed by atoms with van der Waals surface area (Å²) in [6.45, 7) is 0. The van der Waals surface area contributed by atoms with Crippen LogP contribution >= 0.6 is 0 Å². The van der Waals surface area contributed by atoms with Gasteiger partial charge in [-0.3, -0.25) is 9.89 Å². The quantitative estimate of drug-likeness (QED) is 0.485. The van der Waals surface area contributed by atoms with E-state index in [9.17, 15) is 4.79 Å². The van der Waals surface area contributed by atoms with Crippen molar-refractivity contribution in [3.63, 3.8) is 0 Å². The molecule has 1 aromatic heterocycles. The number of carbonyl (C=O) groups excluding carboxylic acids is 1. The van der Waals surface area contributed by atoms with Crippen LogP contribution in [0.25, 0.3) is 11.3 Å². The minimum atomic E-state index is -0.341. The SMILES string of the molecule is COc1cccc(C(=O)N/N=C/c2cn[nH]c2-c2ccc(OC)c(OC)c2)c1. The molecule has 8 nitrogen and oxygen atoms in total. The maximum Gasteiger partial charge on any atom is 0.271 e. The van der Waals surface area contributed by atoms with Crippen molar-refractivity contribution in [3.05, 3.63) is 59.8 Å².